The van der Waals surface area contributed by atoms with Crippen LogP contribution in [0.5, 0.6) is 0 Å². The number of hydrogen-bond donors (Lipinski definition) is 0. The molecule has 0 radical (unpaired) electrons. The van der Waals surface area contributed by atoms with Gasteiger partial charge in [0.2, 0.25) is 0 Å². The van der Waals surface area contributed by atoms with Crippen LogP contribution in [-0.2, 0) is 25.9 Å². The summed E-state index contributed by atoms with van der Waals surface area (Å²) in [4.78, 5) is 0. The van der Waals surface area contributed by atoms with E-state index in [-0.39, 0.29) is 43.5 Å². The van der Waals surface area contributed by atoms with Crippen LogP contribution in [-0.4, -0.2) is 0 Å². The molecule has 0 aromatic heterocycles. The summed E-state index contributed by atoms with van der Waals surface area (Å²) in [6, 6.07) is 8.62. The van der Waals surface area contributed by atoms with Crippen molar-refractivity contribution in [3.05, 3.63) is 42.3 Å². The van der Waals surface area contributed by atoms with E-state index in [2.05, 4.69) is 38.1 Å². The molecule has 2 heteroatoms. The minimum Gasteiger partial charge on any atom is -1.00 e. The Kier molecular flexibility index (Phi) is 10.3. The van der Waals surface area contributed by atoms with Crippen LogP contribution in [0.25, 0.3) is 0 Å². The van der Waals surface area contributed by atoms with E-state index in [4.69, 9.17) is 0 Å². The Morgan fingerprint density at radius 3 is 2.08 bits per heavy atom. The summed E-state index contributed by atoms with van der Waals surface area (Å²) in [7, 11) is 0. The molecule has 0 nitrogen and oxygen atoms in total. The van der Waals surface area contributed by atoms with Gasteiger partial charge in [0.05, 0.1) is 0 Å². The van der Waals surface area contributed by atoms with Gasteiger partial charge in [-0.3, -0.25) is 0 Å². The fraction of sp³-hybridized carbons (Fsp3) is 0.300. The molecule has 0 aliphatic rings. The van der Waals surface area contributed by atoms with E-state index < -0.39 is 0 Å². The van der Waals surface area contributed by atoms with Gasteiger partial charge in [-0.15, -0.1) is 0 Å². The number of benzene rings is 1. The molecule has 12 heavy (non-hydrogen) atoms. The maximum atomic E-state index is 3.80. The zero-order chi connectivity index (χ0) is 7.40. The molecule has 0 spiro atoms. The summed E-state index contributed by atoms with van der Waals surface area (Å²) in [6.07, 6.45) is 2.09. The quantitative estimate of drug-likeness (QED) is 0.400. The zero-order valence-electron chi connectivity index (χ0n) is 7.52. The predicted molar refractivity (Wildman–Crippen MR) is 44.9 cm³/mol. The Bertz CT molecular complexity index is 193. The van der Waals surface area contributed by atoms with E-state index in [9.17, 15) is 0 Å². The van der Waals surface area contributed by atoms with Crippen molar-refractivity contribution in [1.29, 1.82) is 0 Å². The van der Waals surface area contributed by atoms with Crippen LogP contribution in [0.2, 0.25) is 0 Å². The van der Waals surface area contributed by atoms with Gasteiger partial charge in [0.1, 0.15) is 0 Å². The SMILES string of the molecule is [CH2-]CCc1ccc(C)cc1.[I-].[Zn+2]. The first kappa shape index (κ1) is 15.1. The van der Waals surface area contributed by atoms with Gasteiger partial charge in [0, 0.05) is 0 Å². The van der Waals surface area contributed by atoms with Gasteiger partial charge in [0.25, 0.3) is 0 Å². The van der Waals surface area contributed by atoms with Gasteiger partial charge < -0.3 is 30.9 Å². The van der Waals surface area contributed by atoms with Crippen LogP contribution in [0.1, 0.15) is 17.5 Å². The summed E-state index contributed by atoms with van der Waals surface area (Å²) in [5.41, 5.74) is 2.72. The van der Waals surface area contributed by atoms with Crippen molar-refractivity contribution in [3.63, 3.8) is 0 Å². The molecule has 1 rings (SSSR count). The summed E-state index contributed by atoms with van der Waals surface area (Å²) >= 11 is 0. The van der Waals surface area contributed by atoms with Crippen LogP contribution in [0.4, 0.5) is 0 Å². The maximum Gasteiger partial charge on any atom is 2.00 e. The Morgan fingerprint density at radius 1 is 1.17 bits per heavy atom. The normalized spacial score (nSPS) is 8.17. The number of rotatable bonds is 2. The second-order valence-corrected chi connectivity index (χ2v) is 2.59. The molecule has 0 bridgehead atoms. The topological polar surface area (TPSA) is 0 Å². The van der Waals surface area contributed by atoms with Crippen LogP contribution in [0.15, 0.2) is 24.3 Å². The molecule has 1 aromatic carbocycles. The fourth-order valence-electron chi connectivity index (χ4n) is 0.959. The van der Waals surface area contributed by atoms with E-state index in [1.165, 1.54) is 11.1 Å². The van der Waals surface area contributed by atoms with E-state index in [1.807, 2.05) is 0 Å². The van der Waals surface area contributed by atoms with Crippen molar-refractivity contribution in [3.8, 4) is 0 Å². The van der Waals surface area contributed by atoms with E-state index in [0.29, 0.717) is 0 Å². The van der Waals surface area contributed by atoms with Gasteiger partial charge in [-0.25, -0.2) is 0 Å². The minimum atomic E-state index is 0. The van der Waals surface area contributed by atoms with Gasteiger partial charge in [-0.05, 0) is 6.92 Å². The van der Waals surface area contributed by atoms with E-state index in [1.54, 1.807) is 0 Å². The summed E-state index contributed by atoms with van der Waals surface area (Å²) in [6.45, 7) is 5.91. The third-order valence-corrected chi connectivity index (χ3v) is 1.59. The second kappa shape index (κ2) is 8.18. The summed E-state index contributed by atoms with van der Waals surface area (Å²) < 4.78 is 0. The Labute approximate surface area is 105 Å². The molecule has 0 N–H and O–H groups in total. The van der Waals surface area contributed by atoms with Gasteiger partial charge in [-0.1, -0.05) is 41.8 Å². The average Bonchev–Trinajstić information content (AvgIpc) is 1.95. The summed E-state index contributed by atoms with van der Waals surface area (Å²) in [5, 5.41) is 0. The third kappa shape index (κ3) is 5.26. The second-order valence-electron chi connectivity index (χ2n) is 2.59. The molecular weight excluding hydrogens is 312 g/mol. The molecular formula is C10H13IZn. The fourth-order valence-corrected chi connectivity index (χ4v) is 0.959. The van der Waals surface area contributed by atoms with Crippen LogP contribution in [0.3, 0.4) is 0 Å². The first-order valence-corrected chi connectivity index (χ1v) is 3.67. The molecule has 0 saturated carbocycles. The van der Waals surface area contributed by atoms with E-state index >= 15 is 0 Å². The van der Waals surface area contributed by atoms with Gasteiger partial charge in [-0.2, -0.15) is 6.42 Å². The molecule has 0 unspecified atom stereocenters. The van der Waals surface area contributed by atoms with E-state index in [0.717, 1.165) is 12.8 Å². The van der Waals surface area contributed by atoms with Crippen LogP contribution >= 0.6 is 0 Å². The van der Waals surface area contributed by atoms with Crippen molar-refractivity contribution >= 4 is 0 Å². The first-order chi connectivity index (χ1) is 4.83. The van der Waals surface area contributed by atoms with Crippen molar-refractivity contribution in [2.45, 2.75) is 19.8 Å². The molecule has 0 atom stereocenters. The Hall–Kier alpha value is 0.573. The molecule has 62 valence electrons. The number of hydrogen-bond acceptors (Lipinski definition) is 0. The molecule has 0 aliphatic heterocycles. The monoisotopic (exact) mass is 324 g/mol. The number of aryl methyl sites for hydroxylation is 2. The molecule has 0 amide bonds. The van der Waals surface area contributed by atoms with Crippen molar-refractivity contribution in [2.24, 2.45) is 0 Å². The van der Waals surface area contributed by atoms with Crippen LogP contribution in [0, 0.1) is 13.8 Å². The first-order valence-electron chi connectivity index (χ1n) is 3.67. The average molecular weight is 326 g/mol. The van der Waals surface area contributed by atoms with Crippen molar-refractivity contribution in [1.82, 2.24) is 0 Å². The minimum absolute atomic E-state index is 0. The Balaban J connectivity index is 0. The molecule has 0 fully saturated rings. The molecule has 0 aliphatic carbocycles. The molecule has 0 heterocycles. The van der Waals surface area contributed by atoms with Gasteiger partial charge >= 0.3 is 19.5 Å². The van der Waals surface area contributed by atoms with Crippen molar-refractivity contribution in [2.75, 3.05) is 0 Å². The third-order valence-electron chi connectivity index (χ3n) is 1.59. The van der Waals surface area contributed by atoms with Gasteiger partial charge in [0.15, 0.2) is 0 Å². The standard InChI is InChI=1S/C10H13.HI.Zn/c1-3-4-10-7-5-9(2)6-8-10;;/h5-8H,1,3-4H2,2H3;1H;/q-1;;+2/p-1. The Morgan fingerprint density at radius 2 is 1.67 bits per heavy atom. The number of halogens is 1. The molecule has 0 saturated heterocycles. The largest absolute Gasteiger partial charge is 2.00 e. The summed E-state index contributed by atoms with van der Waals surface area (Å²) in [5.74, 6) is 0. The zero-order valence-corrected chi connectivity index (χ0v) is 12.6. The maximum absolute atomic E-state index is 3.80. The molecule has 1 aromatic rings. The van der Waals surface area contributed by atoms with Crippen molar-refractivity contribution < 1.29 is 43.5 Å². The van der Waals surface area contributed by atoms with Crippen LogP contribution < -0.4 is 24.0 Å². The smallest absolute Gasteiger partial charge is 1.00 e. The predicted octanol–water partition coefficient (Wildman–Crippen LogP) is -0.237.